The number of likely N-dealkylation sites (N-methyl/N-ethyl adjacent to an activating group) is 8. The molecule has 11 atom stereocenters. The Kier molecular flexibility index (Phi) is 30.3. The first-order chi connectivity index (χ1) is 47.5. The zero-order valence-electron chi connectivity index (χ0n) is 62.1. The van der Waals surface area contributed by atoms with Gasteiger partial charge in [-0.15, -0.1) is 0 Å². The summed E-state index contributed by atoms with van der Waals surface area (Å²) < 4.78 is 70.5. The summed E-state index contributed by atoms with van der Waals surface area (Å²) in [6.07, 6.45) is -9.44. The molecule has 2 heterocycles. The number of alkyl halides is 5. The third kappa shape index (κ3) is 20.7. The zero-order valence-corrected chi connectivity index (χ0v) is 62.8. The van der Waals surface area contributed by atoms with E-state index in [-0.39, 0.29) is 63.0 Å². The summed E-state index contributed by atoms with van der Waals surface area (Å²) in [7, 11) is 12.0. The molecule has 1 saturated carbocycles. The molecule has 24 nitrogen and oxygen atoms in total. The van der Waals surface area contributed by atoms with E-state index >= 15 is 19.2 Å². The SMILES string of the molecule is CC[C@H](C)[C@@H]1NC(=O)[C@H](CC(C)C)N(C)C(=O)C[C@@H](C(=O)N(C)C)N(C)C(=O)[C@H]([C@@H](C)CC)N(C)C(=O)C2(CCCC2)NC(=O)[C@H](CCC(F)F)N(C)C(=O)[C@H](CCc2ccc(C(F)(F)F)c(Cl)c2)NC(=O)CN(C)C(=O)[C@H](Cc2ccc(C)cc2)N(C)C(=O)[C@@H]2CCN2C(=O)[C@H](C)N(C)C1=O. The molecule has 0 bridgehead atoms. The molecule has 0 radical (unpaired) electrons. The van der Waals surface area contributed by atoms with Crippen molar-refractivity contribution in [2.24, 2.45) is 17.8 Å². The number of hydrogen-bond donors (Lipinski definition) is 3. The number of hydrogen-bond acceptors (Lipinski definition) is 12. The van der Waals surface area contributed by atoms with Crippen LogP contribution in [0.1, 0.15) is 148 Å². The van der Waals surface area contributed by atoms with Gasteiger partial charge in [0.25, 0.3) is 0 Å². The van der Waals surface area contributed by atoms with Crippen LogP contribution in [0, 0.1) is 24.7 Å². The van der Waals surface area contributed by atoms with E-state index in [9.17, 15) is 60.3 Å². The number of nitrogens with zero attached hydrogens (tertiary/aromatic N) is 9. The first-order valence-electron chi connectivity index (χ1n) is 35.0. The number of amides is 12. The van der Waals surface area contributed by atoms with Gasteiger partial charge in [0.05, 0.1) is 23.6 Å². The number of carbonyl (C=O) groups is 12. The van der Waals surface area contributed by atoms with Crippen LogP contribution in [0.15, 0.2) is 42.5 Å². The van der Waals surface area contributed by atoms with Gasteiger partial charge < -0.3 is 60.0 Å². The minimum absolute atomic E-state index is 0.0245. The van der Waals surface area contributed by atoms with Crippen molar-refractivity contribution >= 4 is 82.5 Å². The number of fused-ring (bicyclic) bond motifs is 1. The van der Waals surface area contributed by atoms with Crippen molar-refractivity contribution < 1.29 is 79.5 Å². The molecule has 30 heteroatoms. The molecule has 2 saturated heterocycles. The minimum atomic E-state index is -4.83. The normalized spacial score (nSPS) is 25.2. The lowest BCUT2D eigenvalue weighted by Crippen LogP contribution is -2.65. The van der Waals surface area contributed by atoms with Gasteiger partial charge in [-0.1, -0.05) is 115 Å². The lowest BCUT2D eigenvalue weighted by Gasteiger charge is -2.45. The van der Waals surface area contributed by atoms with Crippen LogP contribution < -0.4 is 16.0 Å². The fraction of sp³-hybridized carbons (Fsp3) is 0.667. The van der Waals surface area contributed by atoms with Gasteiger partial charge in [0, 0.05) is 82.8 Å². The molecule has 3 aliphatic rings. The Morgan fingerprint density at radius 3 is 1.79 bits per heavy atom. The highest BCUT2D eigenvalue weighted by Crippen LogP contribution is 2.37. The maximum Gasteiger partial charge on any atom is 0.417 e. The number of halogens is 6. The molecule has 2 aliphatic heterocycles. The summed E-state index contributed by atoms with van der Waals surface area (Å²) in [5.74, 6) is -11.1. The van der Waals surface area contributed by atoms with Gasteiger partial charge in [0.2, 0.25) is 77.3 Å². The highest BCUT2D eigenvalue weighted by Gasteiger charge is 2.51. The molecule has 5 rings (SSSR count). The Hall–Kier alpha value is -7.98. The molecule has 3 fully saturated rings. The van der Waals surface area contributed by atoms with Crippen molar-refractivity contribution in [3.8, 4) is 0 Å². The predicted octanol–water partition coefficient (Wildman–Crippen LogP) is 5.96. The van der Waals surface area contributed by atoms with Gasteiger partial charge >= 0.3 is 6.18 Å². The molecule has 12 amide bonds. The van der Waals surface area contributed by atoms with E-state index in [0.29, 0.717) is 24.8 Å². The van der Waals surface area contributed by atoms with Gasteiger partial charge in [-0.05, 0) is 99.8 Å². The largest absolute Gasteiger partial charge is 0.417 e. The molecule has 1 aliphatic carbocycles. The molecule has 0 aromatic heterocycles. The van der Waals surface area contributed by atoms with E-state index in [0.717, 1.165) is 55.3 Å². The first kappa shape index (κ1) is 84.7. The average Bonchev–Trinajstić information content (AvgIpc) is 1.30. The van der Waals surface area contributed by atoms with Crippen molar-refractivity contribution in [3.63, 3.8) is 0 Å². The summed E-state index contributed by atoms with van der Waals surface area (Å²) in [6.45, 7) is 13.2. The summed E-state index contributed by atoms with van der Waals surface area (Å²) in [6, 6.07) is -2.70. The van der Waals surface area contributed by atoms with Crippen LogP contribution in [0.5, 0.6) is 0 Å². The summed E-state index contributed by atoms with van der Waals surface area (Å²) in [5, 5.41) is 7.60. The van der Waals surface area contributed by atoms with E-state index in [1.165, 1.54) is 82.9 Å². The van der Waals surface area contributed by atoms with Crippen LogP contribution in [0.4, 0.5) is 22.0 Å². The van der Waals surface area contributed by atoms with Gasteiger partial charge in [0.1, 0.15) is 59.9 Å². The average molecular weight is 1460 g/mol. The first-order valence-corrected chi connectivity index (χ1v) is 35.4. The third-order valence-corrected chi connectivity index (χ3v) is 21.0. The second kappa shape index (κ2) is 36.4. The van der Waals surface area contributed by atoms with E-state index < -0.39 is 198 Å². The smallest absolute Gasteiger partial charge is 0.347 e. The summed E-state index contributed by atoms with van der Waals surface area (Å²) in [5.41, 5.74) is -1.33. The van der Waals surface area contributed by atoms with Crippen LogP contribution in [0.25, 0.3) is 0 Å². The molecular weight excluding hydrogens is 1360 g/mol. The van der Waals surface area contributed by atoms with Crippen LogP contribution >= 0.6 is 11.6 Å². The third-order valence-electron chi connectivity index (χ3n) is 20.7. The molecule has 102 heavy (non-hydrogen) atoms. The number of nitrogens with one attached hydrogen (secondary N) is 3. The summed E-state index contributed by atoms with van der Waals surface area (Å²) >= 11 is 6.11. The second-order valence-electron chi connectivity index (χ2n) is 28.7. The Bertz CT molecular complexity index is 3360. The molecule has 2 aromatic rings. The molecule has 0 unspecified atom stereocenters. The Labute approximate surface area is 601 Å². The standard InChI is InChI=1S/C72H106ClF5N12O12/c1-18-43(6)59-68(100)84(12)45(8)63(95)90-35-32-52(90)67(99)87(15)54(38-47-24-22-42(5)23-25-47)66(98)83(11)40-57(91)79-50(29-27-46-26-28-48(49(73)37-46)72(76,77)78)64(96)86(14)51(30-31-56(74)75)62(94)81-71(33-20-21-34-71)70(102)89(17)60(44(7)19-2)69(101)88(16)55(65(97)82(9)10)39-58(92)85(13)53(36-41(3)4)61(93)80-59/h22-26,28,37,41,43-45,50-56,59-60H,18-21,27,29-36,38-40H2,1-17H3,(H,79,91)(H,80,93)(H,81,94)/t43-,44-,45-,50-,51-,52-,53-,54-,55-,59-,60-/m0/s1. The fourth-order valence-electron chi connectivity index (χ4n) is 13.5. The number of aryl methyl sites for hydroxylation is 2. The maximum atomic E-state index is 15.5. The van der Waals surface area contributed by atoms with Crippen LogP contribution in [-0.4, -0.2) is 258 Å². The van der Waals surface area contributed by atoms with E-state index in [1.807, 2.05) is 20.8 Å². The van der Waals surface area contributed by atoms with Gasteiger partial charge in [0.15, 0.2) is 0 Å². The van der Waals surface area contributed by atoms with Crippen molar-refractivity contribution in [1.29, 1.82) is 0 Å². The predicted molar refractivity (Wildman–Crippen MR) is 373 cm³/mol. The fourth-order valence-corrected chi connectivity index (χ4v) is 13.8. The van der Waals surface area contributed by atoms with E-state index in [1.54, 1.807) is 52.0 Å². The molecule has 2 aromatic carbocycles. The lowest BCUT2D eigenvalue weighted by molar-refractivity contribution is -0.160. The zero-order chi connectivity index (χ0) is 76.9. The number of carbonyl (C=O) groups excluding carboxylic acids is 12. The van der Waals surface area contributed by atoms with Crippen molar-refractivity contribution in [1.82, 2.24) is 60.0 Å². The van der Waals surface area contributed by atoms with Gasteiger partial charge in [-0.3, -0.25) is 57.5 Å². The lowest BCUT2D eigenvalue weighted by atomic mass is 9.90. The van der Waals surface area contributed by atoms with Gasteiger partial charge in [-0.2, -0.15) is 13.2 Å². The van der Waals surface area contributed by atoms with E-state index in [2.05, 4.69) is 16.0 Å². The van der Waals surface area contributed by atoms with Gasteiger partial charge in [-0.25, -0.2) is 8.78 Å². The van der Waals surface area contributed by atoms with E-state index in [4.69, 9.17) is 11.6 Å². The molecule has 3 N–H and O–H groups in total. The molecule has 568 valence electrons. The Morgan fingerprint density at radius 1 is 0.676 bits per heavy atom. The molecular formula is C72H106ClF5N12O12. The second-order valence-corrected chi connectivity index (χ2v) is 29.1. The summed E-state index contributed by atoms with van der Waals surface area (Å²) in [4.78, 5) is 189. The quantitative estimate of drug-likeness (QED) is 0.175. The monoisotopic (exact) mass is 1460 g/mol. The Balaban J connectivity index is 1.69. The molecule has 1 spiro atoms. The van der Waals surface area contributed by atoms with Crippen LogP contribution in [-0.2, 0) is 76.6 Å². The minimum Gasteiger partial charge on any atom is -0.347 e. The topological polar surface area (TPSA) is 270 Å². The number of rotatable bonds is 15. The van der Waals surface area contributed by atoms with Crippen LogP contribution in [0.2, 0.25) is 5.02 Å². The highest BCUT2D eigenvalue weighted by molar-refractivity contribution is 6.31. The van der Waals surface area contributed by atoms with Crippen molar-refractivity contribution in [2.75, 3.05) is 76.5 Å². The highest BCUT2D eigenvalue weighted by atomic mass is 35.5. The maximum absolute atomic E-state index is 15.5. The van der Waals surface area contributed by atoms with Crippen molar-refractivity contribution in [3.05, 3.63) is 69.7 Å². The number of benzene rings is 2. The van der Waals surface area contributed by atoms with Crippen molar-refractivity contribution in [2.45, 2.75) is 218 Å². The van der Waals surface area contributed by atoms with Crippen LogP contribution in [0.3, 0.4) is 0 Å². The Morgan fingerprint density at radius 2 is 1.26 bits per heavy atom.